The predicted octanol–water partition coefficient (Wildman–Crippen LogP) is 18.4. The topological polar surface area (TPSA) is 60.9 Å². The van der Waals surface area contributed by atoms with Crippen LogP contribution in [0.25, 0.3) is 0 Å². The summed E-state index contributed by atoms with van der Waals surface area (Å²) in [5.74, 6) is 6.42. The maximum Gasteiger partial charge on any atom is 0.0743 e. The van der Waals surface area contributed by atoms with Gasteiger partial charge in [0.15, 0.2) is 0 Å². The van der Waals surface area contributed by atoms with Gasteiger partial charge in [-0.1, -0.05) is 165 Å². The second kappa shape index (κ2) is 46.7. The summed E-state index contributed by atoms with van der Waals surface area (Å²) in [4.78, 5) is 10.00. The maximum absolute atomic E-state index is 9.07. The number of ether oxygens (including phenoxy) is 3. The lowest BCUT2D eigenvalue weighted by Crippen LogP contribution is -2.45. The van der Waals surface area contributed by atoms with Crippen LogP contribution >= 0.6 is 0 Å². The van der Waals surface area contributed by atoms with Crippen LogP contribution in [0.1, 0.15) is 286 Å². The van der Waals surface area contributed by atoms with Crippen molar-refractivity contribution in [2.75, 3.05) is 72.8 Å². The molecule has 9 rings (SSSR count). The Morgan fingerprint density at radius 2 is 1.01 bits per heavy atom. The van der Waals surface area contributed by atoms with Crippen molar-refractivity contribution in [2.24, 2.45) is 41.4 Å². The van der Waals surface area contributed by atoms with E-state index in [1.807, 2.05) is 0 Å². The Hall–Kier alpha value is -0.580. The van der Waals surface area contributed by atoms with E-state index < -0.39 is 0 Å². The Balaban J connectivity index is 0.000000879. The Morgan fingerprint density at radius 1 is 0.494 bits per heavy atom. The van der Waals surface area contributed by atoms with Gasteiger partial charge >= 0.3 is 0 Å². The van der Waals surface area contributed by atoms with Gasteiger partial charge in [0.1, 0.15) is 0 Å². The lowest BCUT2D eigenvalue weighted by atomic mass is 9.82. The first kappa shape index (κ1) is 78.4. The number of methoxy groups -OCH3 is 1. The molecular weight excluding hydrogens is 973 g/mol. The lowest BCUT2D eigenvalue weighted by molar-refractivity contribution is 0.0653. The summed E-state index contributed by atoms with van der Waals surface area (Å²) in [5, 5.41) is 9.07. The number of allylic oxidation sites excluding steroid dienone is 2. The Labute approximate surface area is 497 Å². The molecule has 0 bridgehead atoms. The molecule has 6 heterocycles. The highest BCUT2D eigenvalue weighted by molar-refractivity contribution is 5.07. The Bertz CT molecular complexity index is 1340. The van der Waals surface area contributed by atoms with E-state index in [1.165, 1.54) is 193 Å². The van der Waals surface area contributed by atoms with Crippen LogP contribution < -0.4 is 0 Å². The molecule has 0 aromatic heterocycles. The summed E-state index contributed by atoms with van der Waals surface area (Å²) in [5.41, 5.74) is 1.68. The fraction of sp³-hybridized carbons (Fsp3) is 0.972. The van der Waals surface area contributed by atoms with Crippen LogP contribution in [0.4, 0.5) is 0 Å². The molecule has 8 nitrogen and oxygen atoms in total. The molecule has 2 saturated carbocycles. The number of aliphatic hydroxyl groups excluding tert-OH is 1. The number of rotatable bonds is 10. The smallest absolute Gasteiger partial charge is 0.0743 e. The molecule has 0 radical (unpaired) electrons. The van der Waals surface area contributed by atoms with Crippen LogP contribution in [0, 0.1) is 41.4 Å². The fourth-order valence-electron chi connectivity index (χ4n) is 13.4. The monoisotopic (exact) mass is 1120 g/mol. The highest BCUT2D eigenvalue weighted by Crippen LogP contribution is 2.32. The molecule has 474 valence electrons. The van der Waals surface area contributed by atoms with Crippen LogP contribution in [0.3, 0.4) is 0 Å². The minimum atomic E-state index is 0. The van der Waals surface area contributed by atoms with Crippen molar-refractivity contribution in [3.63, 3.8) is 0 Å². The van der Waals surface area contributed by atoms with Gasteiger partial charge in [0.2, 0.25) is 0 Å². The van der Waals surface area contributed by atoms with Crippen LogP contribution in [-0.4, -0.2) is 146 Å². The zero-order valence-corrected chi connectivity index (χ0v) is 54.9. The van der Waals surface area contributed by atoms with E-state index in [1.54, 1.807) is 12.7 Å². The van der Waals surface area contributed by atoms with Gasteiger partial charge < -0.3 is 24.2 Å². The maximum atomic E-state index is 9.07. The Morgan fingerprint density at radius 3 is 1.38 bits per heavy atom. The van der Waals surface area contributed by atoms with Gasteiger partial charge in [-0.25, -0.2) is 0 Å². The SMILES string of the molecule is C.C.CC(C)C1=CCCCC1.CC(C)C1CCCCC1.CC(C)C1CCCCCC1.CC(C)C1CCOC1.CC(C)N1CCC2OCCC21.CC(C)N1CCCCC1.CC(C)N1CCCCC1CO.COC1CCN(C(C)C)C1. The average Bonchev–Trinajstić information content (AvgIpc) is 4.27. The van der Waals surface area contributed by atoms with Crippen molar-refractivity contribution >= 4 is 0 Å². The van der Waals surface area contributed by atoms with E-state index in [0.29, 0.717) is 43.0 Å². The number of piperidine rings is 2. The van der Waals surface area contributed by atoms with Crippen molar-refractivity contribution in [1.29, 1.82) is 0 Å². The molecule has 0 amide bonds. The van der Waals surface area contributed by atoms with Crippen molar-refractivity contribution in [3.8, 4) is 0 Å². The molecule has 0 spiro atoms. The third-order valence-electron chi connectivity index (χ3n) is 19.3. The minimum Gasteiger partial charge on any atom is -0.395 e. The second-order valence-electron chi connectivity index (χ2n) is 27.7. The van der Waals surface area contributed by atoms with Gasteiger partial charge in [-0.2, -0.15) is 0 Å². The highest BCUT2D eigenvalue weighted by atomic mass is 16.5. The van der Waals surface area contributed by atoms with Crippen molar-refractivity contribution in [3.05, 3.63) is 11.6 Å². The van der Waals surface area contributed by atoms with E-state index in [2.05, 4.69) is 136 Å². The molecule has 1 N–H and O–H groups in total. The van der Waals surface area contributed by atoms with E-state index >= 15 is 0 Å². The molecular formula is C71H146N4O4. The first-order chi connectivity index (χ1) is 36.8. The first-order valence-corrected chi connectivity index (χ1v) is 33.8. The molecule has 79 heavy (non-hydrogen) atoms. The molecule has 6 aliphatic heterocycles. The number of nitrogens with zero attached hydrogens (tertiary/aromatic N) is 4. The van der Waals surface area contributed by atoms with Crippen LogP contribution in [0.15, 0.2) is 11.6 Å². The van der Waals surface area contributed by atoms with E-state index in [4.69, 9.17) is 19.3 Å². The number of likely N-dealkylation sites (tertiary alicyclic amines) is 4. The van der Waals surface area contributed by atoms with Gasteiger partial charge in [-0.05, 0) is 193 Å². The summed E-state index contributed by atoms with van der Waals surface area (Å²) in [6, 6.07) is 3.92. The van der Waals surface area contributed by atoms with Gasteiger partial charge in [0, 0.05) is 82.8 Å². The van der Waals surface area contributed by atoms with E-state index in [-0.39, 0.29) is 14.9 Å². The zero-order valence-electron chi connectivity index (χ0n) is 54.9. The molecule has 3 aliphatic carbocycles. The number of aliphatic hydroxyl groups is 1. The molecule has 0 aromatic rings. The summed E-state index contributed by atoms with van der Waals surface area (Å²) >= 11 is 0. The van der Waals surface area contributed by atoms with Crippen molar-refractivity contribution < 1.29 is 19.3 Å². The second-order valence-corrected chi connectivity index (χ2v) is 27.7. The Kier molecular flexibility index (Phi) is 46.3. The fourth-order valence-corrected chi connectivity index (χ4v) is 13.4. The standard InChI is InChI=1S/C10H20.C9H17NO.C9H19NO.C9H18.C9H16.C8H17NO.C8H17N.C7H14O.2CH4/c1-9(2)10-7-5-3-4-6-8-10;1-7(2)10-5-3-9-8(10)4-6-11-9;1-8(2)10-6-4-3-5-9(10)7-11;2*1-8(2)9-6-4-3-5-7-9;1-7(2)9-5-4-8(6-9)10-3;1-8(2)9-6-4-3-5-7-9;1-6(2)7-3-4-8-5-7;;/h9-10H,3-8H2,1-2H3;7-9H,3-6H2,1-2H3;8-9,11H,3-7H2,1-2H3;8-9H,3-7H2,1-2H3;6,8H,3-5,7H2,1-2H3;7-8H,4-6H2,1-3H3;8H,3-7H2,1-2H3;6-7H,3-5H2,1-2H3;2*1H4. The van der Waals surface area contributed by atoms with Gasteiger partial charge in [-0.3, -0.25) is 14.7 Å². The lowest BCUT2D eigenvalue weighted by Gasteiger charge is -2.37. The predicted molar refractivity (Wildman–Crippen MR) is 350 cm³/mol. The van der Waals surface area contributed by atoms with E-state index in [0.717, 1.165) is 79.9 Å². The van der Waals surface area contributed by atoms with Gasteiger partial charge in [0.25, 0.3) is 0 Å². The molecule has 9 aliphatic rings. The summed E-state index contributed by atoms with van der Waals surface area (Å²) < 4.78 is 16.1. The highest BCUT2D eigenvalue weighted by Gasteiger charge is 2.39. The number of hydrogen-bond donors (Lipinski definition) is 1. The molecule has 5 atom stereocenters. The summed E-state index contributed by atoms with van der Waals surface area (Å²) in [6.45, 7) is 47.3. The largest absolute Gasteiger partial charge is 0.395 e. The van der Waals surface area contributed by atoms with Crippen molar-refractivity contribution in [2.45, 2.75) is 335 Å². The molecule has 6 saturated heterocycles. The first-order valence-electron chi connectivity index (χ1n) is 33.8. The van der Waals surface area contributed by atoms with Gasteiger partial charge in [0.05, 0.1) is 18.8 Å². The third kappa shape index (κ3) is 33.6. The minimum absolute atomic E-state index is 0. The van der Waals surface area contributed by atoms with Crippen LogP contribution in [0.2, 0.25) is 0 Å². The number of fused-ring (bicyclic) bond motifs is 1. The van der Waals surface area contributed by atoms with Gasteiger partial charge in [-0.15, -0.1) is 0 Å². The average molecular weight is 1120 g/mol. The third-order valence-corrected chi connectivity index (χ3v) is 19.3. The molecule has 0 aromatic carbocycles. The quantitative estimate of drug-likeness (QED) is 0.172. The molecule has 5 unspecified atom stereocenters. The van der Waals surface area contributed by atoms with Crippen LogP contribution in [0.5, 0.6) is 0 Å². The molecule has 8 heteroatoms. The molecule has 8 fully saturated rings. The normalized spacial score (nSPS) is 26.3. The van der Waals surface area contributed by atoms with E-state index in [9.17, 15) is 0 Å². The van der Waals surface area contributed by atoms with Crippen molar-refractivity contribution in [1.82, 2.24) is 19.6 Å². The zero-order chi connectivity index (χ0) is 57.1. The van der Waals surface area contributed by atoms with Crippen LogP contribution in [-0.2, 0) is 14.2 Å². The summed E-state index contributed by atoms with van der Waals surface area (Å²) in [7, 11) is 1.80. The summed E-state index contributed by atoms with van der Waals surface area (Å²) in [6.07, 6.45) is 38.4. The number of hydrogen-bond acceptors (Lipinski definition) is 8.